The van der Waals surface area contributed by atoms with Gasteiger partial charge in [-0.25, -0.2) is 0 Å². The van der Waals surface area contributed by atoms with E-state index >= 15 is 0 Å². The number of amides is 2. The second-order valence-corrected chi connectivity index (χ2v) is 5.46. The molecular formula is C19H17N3O3. The number of hydrogen-bond acceptors (Lipinski definition) is 4. The molecule has 1 heterocycles. The smallest absolute Gasteiger partial charge is 0.262 e. The minimum Gasteiger partial charge on any atom is -0.484 e. The molecule has 3 aromatic rings. The van der Waals surface area contributed by atoms with Gasteiger partial charge in [0, 0.05) is 29.9 Å². The van der Waals surface area contributed by atoms with Crippen LogP contribution in [0.1, 0.15) is 6.92 Å². The van der Waals surface area contributed by atoms with Crippen LogP contribution < -0.4 is 15.4 Å². The molecule has 2 aromatic carbocycles. The second kappa shape index (κ2) is 7.44. The summed E-state index contributed by atoms with van der Waals surface area (Å²) in [6.07, 6.45) is 1.73. The van der Waals surface area contributed by atoms with Crippen molar-refractivity contribution in [3.8, 4) is 5.75 Å². The highest BCUT2D eigenvalue weighted by Gasteiger charge is 2.06. The van der Waals surface area contributed by atoms with Crippen molar-refractivity contribution in [2.24, 2.45) is 0 Å². The molecule has 0 spiro atoms. The van der Waals surface area contributed by atoms with Gasteiger partial charge in [-0.2, -0.15) is 0 Å². The third kappa shape index (κ3) is 4.54. The zero-order chi connectivity index (χ0) is 17.6. The van der Waals surface area contributed by atoms with Gasteiger partial charge < -0.3 is 15.4 Å². The molecular weight excluding hydrogens is 318 g/mol. The lowest BCUT2D eigenvalue weighted by Gasteiger charge is -2.09. The molecule has 0 aliphatic rings. The summed E-state index contributed by atoms with van der Waals surface area (Å²) >= 11 is 0. The van der Waals surface area contributed by atoms with Crippen LogP contribution in [0, 0.1) is 0 Å². The van der Waals surface area contributed by atoms with Gasteiger partial charge in [-0.15, -0.1) is 0 Å². The van der Waals surface area contributed by atoms with Crippen molar-refractivity contribution in [3.63, 3.8) is 0 Å². The first-order valence-corrected chi connectivity index (χ1v) is 7.75. The van der Waals surface area contributed by atoms with Gasteiger partial charge in [-0.3, -0.25) is 14.6 Å². The minimum atomic E-state index is -0.286. The number of aromatic nitrogens is 1. The summed E-state index contributed by atoms with van der Waals surface area (Å²) in [5.41, 5.74) is 2.07. The Balaban J connectivity index is 1.59. The number of pyridine rings is 1. The van der Waals surface area contributed by atoms with E-state index in [-0.39, 0.29) is 18.4 Å². The summed E-state index contributed by atoms with van der Waals surface area (Å²) < 4.78 is 5.53. The average molecular weight is 335 g/mol. The van der Waals surface area contributed by atoms with Crippen molar-refractivity contribution in [2.45, 2.75) is 6.92 Å². The molecule has 2 amide bonds. The van der Waals surface area contributed by atoms with Crippen LogP contribution in [-0.4, -0.2) is 23.4 Å². The van der Waals surface area contributed by atoms with Crippen LogP contribution in [-0.2, 0) is 9.59 Å². The first-order valence-electron chi connectivity index (χ1n) is 7.75. The fourth-order valence-electron chi connectivity index (χ4n) is 2.37. The first kappa shape index (κ1) is 16.4. The molecule has 3 rings (SSSR count). The summed E-state index contributed by atoms with van der Waals surface area (Å²) in [6, 6.07) is 16.2. The number of nitrogens with one attached hydrogen (secondary N) is 2. The topological polar surface area (TPSA) is 80.3 Å². The number of rotatable bonds is 5. The monoisotopic (exact) mass is 335 g/mol. The number of nitrogens with zero attached hydrogens (tertiary/aromatic N) is 1. The number of carbonyl (C=O) groups excluding carboxylic acids is 2. The lowest BCUT2D eigenvalue weighted by Crippen LogP contribution is -2.20. The van der Waals surface area contributed by atoms with Crippen molar-refractivity contribution in [1.29, 1.82) is 0 Å². The molecule has 0 fully saturated rings. The van der Waals surface area contributed by atoms with Crippen molar-refractivity contribution < 1.29 is 14.3 Å². The Kier molecular flexibility index (Phi) is 4.89. The number of anilines is 2. The van der Waals surface area contributed by atoms with E-state index in [0.29, 0.717) is 17.1 Å². The SMILES string of the molecule is CC(=O)Nc1cccc(NC(=O)COc2ccc3ncccc3c2)c1. The molecule has 2 N–H and O–H groups in total. The van der Waals surface area contributed by atoms with E-state index in [1.807, 2.05) is 24.3 Å². The molecule has 0 aliphatic carbocycles. The molecule has 126 valence electrons. The lowest BCUT2D eigenvalue weighted by atomic mass is 10.2. The van der Waals surface area contributed by atoms with Crippen LogP contribution in [0.15, 0.2) is 60.8 Å². The lowest BCUT2D eigenvalue weighted by molar-refractivity contribution is -0.118. The zero-order valence-corrected chi connectivity index (χ0v) is 13.7. The third-order valence-corrected chi connectivity index (χ3v) is 3.41. The highest BCUT2D eigenvalue weighted by Crippen LogP contribution is 2.19. The Morgan fingerprint density at radius 2 is 1.80 bits per heavy atom. The maximum absolute atomic E-state index is 12.0. The van der Waals surface area contributed by atoms with Gasteiger partial charge >= 0.3 is 0 Å². The van der Waals surface area contributed by atoms with Crippen LogP contribution >= 0.6 is 0 Å². The second-order valence-electron chi connectivity index (χ2n) is 5.46. The van der Waals surface area contributed by atoms with Crippen LogP contribution in [0.2, 0.25) is 0 Å². The first-order chi connectivity index (χ1) is 12.1. The normalized spacial score (nSPS) is 10.3. The molecule has 25 heavy (non-hydrogen) atoms. The predicted octanol–water partition coefficient (Wildman–Crippen LogP) is 3.21. The summed E-state index contributed by atoms with van der Waals surface area (Å²) in [5, 5.41) is 6.35. The van der Waals surface area contributed by atoms with E-state index in [1.54, 1.807) is 36.5 Å². The Morgan fingerprint density at radius 3 is 2.60 bits per heavy atom. The highest BCUT2D eigenvalue weighted by molar-refractivity contribution is 5.94. The molecule has 0 bridgehead atoms. The number of ether oxygens (including phenoxy) is 1. The largest absolute Gasteiger partial charge is 0.484 e. The molecule has 6 heteroatoms. The summed E-state index contributed by atoms with van der Waals surface area (Å²) in [4.78, 5) is 27.4. The van der Waals surface area contributed by atoms with E-state index in [1.165, 1.54) is 6.92 Å². The summed E-state index contributed by atoms with van der Waals surface area (Å²) in [6.45, 7) is 1.31. The summed E-state index contributed by atoms with van der Waals surface area (Å²) in [5.74, 6) is 0.145. The fraction of sp³-hybridized carbons (Fsp3) is 0.105. The van der Waals surface area contributed by atoms with Gasteiger partial charge in [0.25, 0.3) is 5.91 Å². The Bertz CT molecular complexity index is 924. The quantitative estimate of drug-likeness (QED) is 0.750. The average Bonchev–Trinajstić information content (AvgIpc) is 2.59. The Hall–Kier alpha value is -3.41. The van der Waals surface area contributed by atoms with Crippen molar-refractivity contribution in [3.05, 3.63) is 60.8 Å². The van der Waals surface area contributed by atoms with Crippen molar-refractivity contribution in [2.75, 3.05) is 17.2 Å². The Labute approximate surface area is 144 Å². The third-order valence-electron chi connectivity index (χ3n) is 3.41. The van der Waals surface area contributed by atoms with Gasteiger partial charge in [-0.1, -0.05) is 12.1 Å². The molecule has 0 saturated carbocycles. The van der Waals surface area contributed by atoms with Gasteiger partial charge in [0.15, 0.2) is 6.61 Å². The van der Waals surface area contributed by atoms with Crippen molar-refractivity contribution in [1.82, 2.24) is 4.98 Å². The molecule has 0 aliphatic heterocycles. The standard InChI is InChI=1S/C19H17N3O3/c1-13(23)21-15-5-2-6-16(11-15)22-19(24)12-25-17-7-8-18-14(10-17)4-3-9-20-18/h2-11H,12H2,1H3,(H,21,23)(H,22,24). The maximum Gasteiger partial charge on any atom is 0.262 e. The Morgan fingerprint density at radius 1 is 1.00 bits per heavy atom. The highest BCUT2D eigenvalue weighted by atomic mass is 16.5. The van der Waals surface area contributed by atoms with Gasteiger partial charge in [0.2, 0.25) is 5.91 Å². The molecule has 0 saturated heterocycles. The number of carbonyl (C=O) groups is 2. The number of benzene rings is 2. The van der Waals surface area contributed by atoms with Gasteiger partial charge in [-0.05, 0) is 42.5 Å². The van der Waals surface area contributed by atoms with E-state index in [4.69, 9.17) is 4.74 Å². The molecule has 6 nitrogen and oxygen atoms in total. The summed E-state index contributed by atoms with van der Waals surface area (Å²) in [7, 11) is 0. The van der Waals surface area contributed by atoms with E-state index < -0.39 is 0 Å². The van der Waals surface area contributed by atoms with Gasteiger partial charge in [0.1, 0.15) is 5.75 Å². The van der Waals surface area contributed by atoms with E-state index in [9.17, 15) is 9.59 Å². The fourth-order valence-corrected chi connectivity index (χ4v) is 2.37. The molecule has 1 aromatic heterocycles. The zero-order valence-electron chi connectivity index (χ0n) is 13.7. The molecule has 0 unspecified atom stereocenters. The van der Waals surface area contributed by atoms with E-state index in [0.717, 1.165) is 10.9 Å². The number of hydrogen-bond donors (Lipinski definition) is 2. The van der Waals surface area contributed by atoms with Crippen molar-refractivity contribution >= 4 is 34.1 Å². The van der Waals surface area contributed by atoms with Crippen LogP contribution in [0.25, 0.3) is 10.9 Å². The molecule has 0 radical (unpaired) electrons. The maximum atomic E-state index is 12.0. The van der Waals surface area contributed by atoms with E-state index in [2.05, 4.69) is 15.6 Å². The van der Waals surface area contributed by atoms with Gasteiger partial charge in [0.05, 0.1) is 5.52 Å². The van der Waals surface area contributed by atoms with Crippen LogP contribution in [0.3, 0.4) is 0 Å². The van der Waals surface area contributed by atoms with Crippen LogP contribution in [0.5, 0.6) is 5.75 Å². The van der Waals surface area contributed by atoms with Crippen LogP contribution in [0.4, 0.5) is 11.4 Å². The predicted molar refractivity (Wildman–Crippen MR) is 96.6 cm³/mol. The number of fused-ring (bicyclic) bond motifs is 1. The minimum absolute atomic E-state index is 0.115. The molecule has 0 atom stereocenters.